The van der Waals surface area contributed by atoms with E-state index >= 15 is 0 Å². The van der Waals surface area contributed by atoms with Crippen molar-refractivity contribution in [2.24, 2.45) is 5.92 Å². The Morgan fingerprint density at radius 1 is 0.759 bits per heavy atom. The van der Waals surface area contributed by atoms with E-state index < -0.39 is 0 Å². The molecule has 0 aliphatic heterocycles. The summed E-state index contributed by atoms with van der Waals surface area (Å²) in [4.78, 5) is 0. The van der Waals surface area contributed by atoms with E-state index in [9.17, 15) is 0 Å². The van der Waals surface area contributed by atoms with Gasteiger partial charge in [-0.05, 0) is 54.2 Å². The third kappa shape index (κ3) is 7.53. The van der Waals surface area contributed by atoms with Crippen LogP contribution in [0.25, 0.3) is 0 Å². The average Bonchev–Trinajstić information content (AvgIpc) is 2.75. The Bertz CT molecular complexity index is 844. The number of nitrogens with one attached hydrogen (secondary N) is 1. The first kappa shape index (κ1) is 20.8. The molecule has 152 valence electrons. The van der Waals surface area contributed by atoms with E-state index in [1.165, 1.54) is 11.1 Å². The molecule has 0 aromatic heterocycles. The van der Waals surface area contributed by atoms with Crippen molar-refractivity contribution in [1.29, 1.82) is 0 Å². The molecule has 0 aliphatic carbocycles. The Morgan fingerprint density at radius 3 is 2.31 bits per heavy atom. The van der Waals surface area contributed by atoms with Crippen molar-refractivity contribution < 1.29 is 9.47 Å². The summed E-state index contributed by atoms with van der Waals surface area (Å²) in [6.07, 6.45) is 2.04. The molecule has 0 saturated carbocycles. The zero-order valence-corrected chi connectivity index (χ0v) is 17.4. The van der Waals surface area contributed by atoms with E-state index in [1.54, 1.807) is 0 Å². The number of rotatable bonds is 11. The quantitative estimate of drug-likeness (QED) is 0.388. The Morgan fingerprint density at radius 2 is 1.55 bits per heavy atom. The standard InChI is InChI=1S/C26H31NO2/c1-21(2)20-29-25-15-13-23(14-16-25)19-27-24-11-6-12-26(18-24)28-17-7-10-22-8-4-3-5-9-22/h3-6,8-9,11-16,18,21,27H,7,10,17,19-20H2,1-2H3. The second kappa shape index (κ2) is 11.2. The van der Waals surface area contributed by atoms with Gasteiger partial charge in [0.25, 0.3) is 0 Å². The summed E-state index contributed by atoms with van der Waals surface area (Å²) >= 11 is 0. The maximum absolute atomic E-state index is 5.93. The Balaban J connectivity index is 1.42. The van der Waals surface area contributed by atoms with Gasteiger partial charge in [0.2, 0.25) is 0 Å². The zero-order chi connectivity index (χ0) is 20.3. The van der Waals surface area contributed by atoms with Crippen LogP contribution in [0.3, 0.4) is 0 Å². The van der Waals surface area contributed by atoms with Gasteiger partial charge in [-0.3, -0.25) is 0 Å². The fourth-order valence-electron chi connectivity index (χ4n) is 2.98. The number of ether oxygens (including phenoxy) is 2. The molecule has 3 aromatic carbocycles. The van der Waals surface area contributed by atoms with Crippen LogP contribution in [-0.2, 0) is 13.0 Å². The van der Waals surface area contributed by atoms with Gasteiger partial charge >= 0.3 is 0 Å². The predicted octanol–water partition coefficient (Wildman–Crippen LogP) is 6.35. The summed E-state index contributed by atoms with van der Waals surface area (Å²) in [5.41, 5.74) is 3.63. The molecule has 1 N–H and O–H groups in total. The molecule has 0 saturated heterocycles. The number of aryl methyl sites for hydroxylation is 1. The van der Waals surface area contributed by atoms with Gasteiger partial charge in [0, 0.05) is 18.3 Å². The minimum absolute atomic E-state index is 0.532. The van der Waals surface area contributed by atoms with Gasteiger partial charge in [-0.2, -0.15) is 0 Å². The van der Waals surface area contributed by atoms with Gasteiger partial charge in [-0.15, -0.1) is 0 Å². The molecule has 0 bridgehead atoms. The lowest BCUT2D eigenvalue weighted by Gasteiger charge is -2.11. The number of hydrogen-bond donors (Lipinski definition) is 1. The molecule has 3 heteroatoms. The lowest BCUT2D eigenvalue weighted by molar-refractivity contribution is 0.271. The minimum atomic E-state index is 0.532. The SMILES string of the molecule is CC(C)COc1ccc(CNc2cccc(OCCCc3ccccc3)c2)cc1. The van der Waals surface area contributed by atoms with Crippen LogP contribution in [0.15, 0.2) is 78.9 Å². The monoisotopic (exact) mass is 389 g/mol. The first-order valence-electron chi connectivity index (χ1n) is 10.4. The lowest BCUT2D eigenvalue weighted by Crippen LogP contribution is -2.05. The lowest BCUT2D eigenvalue weighted by atomic mass is 10.1. The van der Waals surface area contributed by atoms with Gasteiger partial charge < -0.3 is 14.8 Å². The summed E-state index contributed by atoms with van der Waals surface area (Å²) in [6.45, 7) is 6.53. The minimum Gasteiger partial charge on any atom is -0.494 e. The van der Waals surface area contributed by atoms with Crippen molar-refractivity contribution >= 4 is 5.69 Å². The molecule has 0 atom stereocenters. The molecule has 0 fully saturated rings. The first-order chi connectivity index (χ1) is 14.2. The Kier molecular flexibility index (Phi) is 8.00. The summed E-state index contributed by atoms with van der Waals surface area (Å²) in [5, 5.41) is 3.47. The second-order valence-electron chi connectivity index (χ2n) is 7.67. The molecule has 0 aliphatic rings. The number of hydrogen-bond acceptors (Lipinski definition) is 3. The largest absolute Gasteiger partial charge is 0.494 e. The Hall–Kier alpha value is -2.94. The van der Waals surface area contributed by atoms with Crippen LogP contribution in [0.4, 0.5) is 5.69 Å². The zero-order valence-electron chi connectivity index (χ0n) is 17.4. The van der Waals surface area contributed by atoms with Crippen LogP contribution >= 0.6 is 0 Å². The molecule has 3 aromatic rings. The summed E-state index contributed by atoms with van der Waals surface area (Å²) in [5.74, 6) is 2.36. The van der Waals surface area contributed by atoms with Gasteiger partial charge in [-0.25, -0.2) is 0 Å². The van der Waals surface area contributed by atoms with E-state index in [4.69, 9.17) is 9.47 Å². The van der Waals surface area contributed by atoms with Crippen LogP contribution in [0.1, 0.15) is 31.4 Å². The number of benzene rings is 3. The molecule has 0 heterocycles. The van der Waals surface area contributed by atoms with E-state index in [-0.39, 0.29) is 0 Å². The maximum Gasteiger partial charge on any atom is 0.121 e. The van der Waals surface area contributed by atoms with E-state index in [2.05, 4.69) is 67.7 Å². The topological polar surface area (TPSA) is 30.5 Å². The highest BCUT2D eigenvalue weighted by Crippen LogP contribution is 2.19. The van der Waals surface area contributed by atoms with Crippen molar-refractivity contribution in [3.05, 3.63) is 90.0 Å². The highest BCUT2D eigenvalue weighted by Gasteiger charge is 2.01. The van der Waals surface area contributed by atoms with Gasteiger partial charge in [0.15, 0.2) is 0 Å². The van der Waals surface area contributed by atoms with E-state index in [1.807, 2.05) is 30.3 Å². The maximum atomic E-state index is 5.93. The first-order valence-corrected chi connectivity index (χ1v) is 10.4. The predicted molar refractivity (Wildman–Crippen MR) is 121 cm³/mol. The summed E-state index contributed by atoms with van der Waals surface area (Å²) < 4.78 is 11.7. The van der Waals surface area contributed by atoms with Crippen LogP contribution in [0.2, 0.25) is 0 Å². The molecule has 3 rings (SSSR count). The number of anilines is 1. The average molecular weight is 390 g/mol. The normalized spacial score (nSPS) is 10.7. The second-order valence-corrected chi connectivity index (χ2v) is 7.67. The molecular formula is C26H31NO2. The molecular weight excluding hydrogens is 358 g/mol. The van der Waals surface area contributed by atoms with Crippen molar-refractivity contribution in [3.63, 3.8) is 0 Å². The van der Waals surface area contributed by atoms with Gasteiger partial charge in [0.05, 0.1) is 13.2 Å². The molecule has 0 unspecified atom stereocenters. The van der Waals surface area contributed by atoms with Gasteiger partial charge in [-0.1, -0.05) is 62.4 Å². The van der Waals surface area contributed by atoms with Crippen LogP contribution in [0, 0.1) is 5.92 Å². The van der Waals surface area contributed by atoms with Crippen molar-refractivity contribution in [1.82, 2.24) is 0 Å². The third-order valence-electron chi connectivity index (χ3n) is 4.56. The van der Waals surface area contributed by atoms with Crippen LogP contribution in [0.5, 0.6) is 11.5 Å². The van der Waals surface area contributed by atoms with E-state index in [0.29, 0.717) is 5.92 Å². The third-order valence-corrected chi connectivity index (χ3v) is 4.56. The fraction of sp³-hybridized carbons (Fsp3) is 0.308. The fourth-order valence-corrected chi connectivity index (χ4v) is 2.98. The van der Waals surface area contributed by atoms with Crippen LogP contribution < -0.4 is 14.8 Å². The molecule has 29 heavy (non-hydrogen) atoms. The molecule has 3 nitrogen and oxygen atoms in total. The highest BCUT2D eigenvalue weighted by atomic mass is 16.5. The highest BCUT2D eigenvalue weighted by molar-refractivity contribution is 5.48. The van der Waals surface area contributed by atoms with Crippen molar-refractivity contribution in [2.75, 3.05) is 18.5 Å². The smallest absolute Gasteiger partial charge is 0.121 e. The van der Waals surface area contributed by atoms with Gasteiger partial charge in [0.1, 0.15) is 11.5 Å². The van der Waals surface area contributed by atoms with Crippen molar-refractivity contribution in [2.45, 2.75) is 33.2 Å². The molecule has 0 spiro atoms. The van der Waals surface area contributed by atoms with E-state index in [0.717, 1.165) is 49.8 Å². The molecule has 0 radical (unpaired) electrons. The van der Waals surface area contributed by atoms with Crippen molar-refractivity contribution in [3.8, 4) is 11.5 Å². The summed E-state index contributed by atoms with van der Waals surface area (Å²) in [7, 11) is 0. The Labute approximate surface area is 174 Å². The summed E-state index contributed by atoms with van der Waals surface area (Å²) in [6, 6.07) is 27.0. The van der Waals surface area contributed by atoms with Crippen LogP contribution in [-0.4, -0.2) is 13.2 Å². The molecule has 0 amide bonds.